The number of hydrogen-bond donors (Lipinski definition) is 2. The fraction of sp³-hybridized carbons (Fsp3) is 1.00. The summed E-state index contributed by atoms with van der Waals surface area (Å²) in [7, 11) is -1.36. The summed E-state index contributed by atoms with van der Waals surface area (Å²) in [6.07, 6.45) is 2.66. The van der Waals surface area contributed by atoms with Crippen molar-refractivity contribution in [2.45, 2.75) is 31.5 Å². The highest BCUT2D eigenvalue weighted by molar-refractivity contribution is 6.57. The molecule has 0 aromatic carbocycles. The van der Waals surface area contributed by atoms with Gasteiger partial charge in [-0.25, -0.2) is 0 Å². The lowest BCUT2D eigenvalue weighted by Crippen LogP contribution is -2.25. The van der Waals surface area contributed by atoms with Crippen LogP contribution in [0.4, 0.5) is 0 Å². The monoisotopic (exact) mass is 150 g/mol. The quantitative estimate of drug-likeness (QED) is 0.460. The molecule has 0 saturated carbocycles. The van der Waals surface area contributed by atoms with Crippen molar-refractivity contribution < 1.29 is 10.0 Å². The average molecular weight is 150 g/mol. The molecule has 0 fully saturated rings. The first-order valence-electron chi connectivity index (χ1n) is 3.18. The van der Waals surface area contributed by atoms with E-state index in [2.05, 4.69) is 0 Å². The number of unbranched alkanes of at least 4 members (excludes halogenated alkanes) is 1. The van der Waals surface area contributed by atoms with Gasteiger partial charge in [-0.05, 0) is 6.42 Å². The first-order valence-corrected chi connectivity index (χ1v) is 3.62. The average Bonchev–Trinajstić information content (AvgIpc) is 1.82. The highest BCUT2D eigenvalue weighted by Crippen LogP contribution is 2.07. The van der Waals surface area contributed by atoms with Crippen molar-refractivity contribution in [3.05, 3.63) is 0 Å². The minimum absolute atomic E-state index is 0.495. The summed E-state index contributed by atoms with van der Waals surface area (Å²) in [5.41, 5.74) is 0. The molecule has 2 N–H and O–H groups in total. The van der Waals surface area contributed by atoms with Crippen LogP contribution in [0.25, 0.3) is 0 Å². The van der Waals surface area contributed by atoms with Gasteiger partial charge in [-0.15, -0.1) is 11.6 Å². The fourth-order valence-electron chi connectivity index (χ4n) is 0.548. The van der Waals surface area contributed by atoms with Crippen molar-refractivity contribution >= 4 is 18.7 Å². The predicted octanol–water partition coefficient (Wildman–Crippen LogP) is 0.796. The molecule has 0 rings (SSSR count). The van der Waals surface area contributed by atoms with Crippen LogP contribution in [0.5, 0.6) is 0 Å². The second kappa shape index (κ2) is 5.09. The molecule has 54 valence electrons. The number of halogens is 1. The maximum absolute atomic E-state index is 8.47. The van der Waals surface area contributed by atoms with E-state index < -0.39 is 12.4 Å². The van der Waals surface area contributed by atoms with Gasteiger partial charge in [-0.2, -0.15) is 0 Å². The summed E-state index contributed by atoms with van der Waals surface area (Å²) in [4.78, 5) is 0. The van der Waals surface area contributed by atoms with Crippen LogP contribution in [0, 0.1) is 0 Å². The maximum Gasteiger partial charge on any atom is 0.470 e. The summed E-state index contributed by atoms with van der Waals surface area (Å²) >= 11 is 5.49. The van der Waals surface area contributed by atoms with Crippen molar-refractivity contribution in [3.8, 4) is 0 Å². The van der Waals surface area contributed by atoms with E-state index >= 15 is 0 Å². The molecule has 1 atom stereocenters. The van der Waals surface area contributed by atoms with Gasteiger partial charge in [0.25, 0.3) is 0 Å². The van der Waals surface area contributed by atoms with Crippen molar-refractivity contribution in [1.82, 2.24) is 0 Å². The van der Waals surface area contributed by atoms with E-state index in [1.54, 1.807) is 0 Å². The lowest BCUT2D eigenvalue weighted by Gasteiger charge is -2.04. The topological polar surface area (TPSA) is 40.5 Å². The predicted molar refractivity (Wildman–Crippen MR) is 39.4 cm³/mol. The molecule has 0 aliphatic heterocycles. The zero-order valence-corrected chi connectivity index (χ0v) is 6.30. The molecule has 0 amide bonds. The third-order valence-corrected chi connectivity index (χ3v) is 1.60. The number of rotatable bonds is 4. The molecule has 2 nitrogen and oxygen atoms in total. The first kappa shape index (κ1) is 9.27. The van der Waals surface area contributed by atoms with E-state index in [1.807, 2.05) is 6.92 Å². The summed E-state index contributed by atoms with van der Waals surface area (Å²) in [5.74, 6) is 0. The normalized spacial score (nSPS) is 13.3. The Morgan fingerprint density at radius 1 is 1.56 bits per heavy atom. The Morgan fingerprint density at radius 3 is 2.44 bits per heavy atom. The smallest absolute Gasteiger partial charge is 0.426 e. The van der Waals surface area contributed by atoms with Gasteiger partial charge in [0.1, 0.15) is 0 Å². The van der Waals surface area contributed by atoms with Crippen LogP contribution < -0.4 is 0 Å². The van der Waals surface area contributed by atoms with Gasteiger partial charge < -0.3 is 10.0 Å². The molecular weight excluding hydrogens is 138 g/mol. The second-order valence-electron chi connectivity index (χ2n) is 2.07. The summed E-state index contributed by atoms with van der Waals surface area (Å²) in [6, 6.07) is 0. The highest BCUT2D eigenvalue weighted by Gasteiger charge is 2.18. The van der Waals surface area contributed by atoms with Gasteiger partial charge in [0.05, 0.1) is 5.28 Å². The van der Waals surface area contributed by atoms with E-state index in [0.29, 0.717) is 6.42 Å². The number of hydrogen-bond acceptors (Lipinski definition) is 2. The Balaban J connectivity index is 3.16. The molecule has 1 unspecified atom stereocenters. The Morgan fingerprint density at radius 2 is 2.11 bits per heavy atom. The molecule has 0 bridgehead atoms. The van der Waals surface area contributed by atoms with E-state index in [4.69, 9.17) is 21.6 Å². The summed E-state index contributed by atoms with van der Waals surface area (Å²) in [5, 5.41) is 16.4. The first-order chi connectivity index (χ1) is 4.18. The van der Waals surface area contributed by atoms with Crippen molar-refractivity contribution in [1.29, 1.82) is 0 Å². The molecule has 0 radical (unpaired) electrons. The number of alkyl halides is 1. The Bertz CT molecular complexity index is 70.0. The van der Waals surface area contributed by atoms with Crippen LogP contribution >= 0.6 is 11.6 Å². The molecule has 0 aromatic heterocycles. The van der Waals surface area contributed by atoms with Crippen LogP contribution in [-0.4, -0.2) is 22.4 Å². The second-order valence-corrected chi connectivity index (χ2v) is 2.63. The minimum Gasteiger partial charge on any atom is -0.426 e. The van der Waals surface area contributed by atoms with Crippen molar-refractivity contribution in [3.63, 3.8) is 0 Å². The third kappa shape index (κ3) is 4.76. The van der Waals surface area contributed by atoms with E-state index in [9.17, 15) is 0 Å². The van der Waals surface area contributed by atoms with Crippen LogP contribution in [0.3, 0.4) is 0 Å². The zero-order valence-electron chi connectivity index (χ0n) is 5.55. The molecule has 0 heterocycles. The molecule has 0 saturated heterocycles. The van der Waals surface area contributed by atoms with Crippen LogP contribution in [0.2, 0.25) is 0 Å². The fourth-order valence-corrected chi connectivity index (χ4v) is 0.703. The van der Waals surface area contributed by atoms with Crippen LogP contribution in [0.1, 0.15) is 26.2 Å². The minimum atomic E-state index is -1.36. The molecular formula is C5H12BClO2. The van der Waals surface area contributed by atoms with E-state index in [0.717, 1.165) is 12.8 Å². The van der Waals surface area contributed by atoms with Gasteiger partial charge in [0.15, 0.2) is 0 Å². The van der Waals surface area contributed by atoms with Gasteiger partial charge >= 0.3 is 7.12 Å². The van der Waals surface area contributed by atoms with Crippen molar-refractivity contribution in [2.75, 3.05) is 0 Å². The summed E-state index contributed by atoms with van der Waals surface area (Å²) in [6.45, 7) is 2.04. The Hall–Kier alpha value is 0.275. The largest absolute Gasteiger partial charge is 0.470 e. The SMILES string of the molecule is CCCCC(Cl)B(O)O. The van der Waals surface area contributed by atoms with Gasteiger partial charge in [0.2, 0.25) is 0 Å². The van der Waals surface area contributed by atoms with E-state index in [-0.39, 0.29) is 0 Å². The lowest BCUT2D eigenvalue weighted by atomic mass is 9.83. The molecule has 0 spiro atoms. The molecule has 0 aliphatic carbocycles. The van der Waals surface area contributed by atoms with Crippen molar-refractivity contribution in [2.24, 2.45) is 0 Å². The lowest BCUT2D eigenvalue weighted by molar-refractivity contribution is 0.397. The van der Waals surface area contributed by atoms with Gasteiger partial charge in [-0.3, -0.25) is 0 Å². The van der Waals surface area contributed by atoms with Crippen LogP contribution in [0.15, 0.2) is 0 Å². The molecule has 0 aliphatic rings. The Kier molecular flexibility index (Phi) is 5.25. The molecule has 4 heteroatoms. The molecule has 9 heavy (non-hydrogen) atoms. The standard InChI is InChI=1S/C5H12BClO2/c1-2-3-4-5(7)6(8)9/h5,8-9H,2-4H2,1H3. The van der Waals surface area contributed by atoms with E-state index in [1.165, 1.54) is 0 Å². The Labute approximate surface area is 61.0 Å². The zero-order chi connectivity index (χ0) is 7.28. The highest BCUT2D eigenvalue weighted by atomic mass is 35.5. The maximum atomic E-state index is 8.47. The molecule has 0 aromatic rings. The van der Waals surface area contributed by atoms with Gasteiger partial charge in [0, 0.05) is 0 Å². The third-order valence-electron chi connectivity index (χ3n) is 1.16. The summed E-state index contributed by atoms with van der Waals surface area (Å²) < 4.78 is 0. The van der Waals surface area contributed by atoms with Gasteiger partial charge in [-0.1, -0.05) is 19.8 Å². The van der Waals surface area contributed by atoms with Crippen LogP contribution in [-0.2, 0) is 0 Å².